The van der Waals surface area contributed by atoms with E-state index < -0.39 is 23.6 Å². The van der Waals surface area contributed by atoms with Gasteiger partial charge in [0, 0.05) is 11.6 Å². The van der Waals surface area contributed by atoms with E-state index in [0.29, 0.717) is 12.8 Å². The van der Waals surface area contributed by atoms with E-state index in [1.54, 1.807) is 0 Å². The molecule has 16 heavy (non-hydrogen) atoms. The van der Waals surface area contributed by atoms with Gasteiger partial charge in [0.15, 0.2) is 0 Å². The van der Waals surface area contributed by atoms with Crippen molar-refractivity contribution >= 4 is 0 Å². The molecule has 1 nitrogen and oxygen atoms in total. The van der Waals surface area contributed by atoms with Gasteiger partial charge >= 0.3 is 6.18 Å². The Balaban J connectivity index is 3.09. The number of hydrogen-bond acceptors (Lipinski definition) is 1. The summed E-state index contributed by atoms with van der Waals surface area (Å²) in [6.07, 6.45) is -3.32. The molecule has 0 aliphatic carbocycles. The number of nitrogens with two attached hydrogens (primary N) is 1. The van der Waals surface area contributed by atoms with Crippen molar-refractivity contribution in [3.8, 4) is 0 Å². The normalized spacial score (nSPS) is 13.9. The second kappa shape index (κ2) is 4.82. The van der Waals surface area contributed by atoms with Gasteiger partial charge in [-0.05, 0) is 24.6 Å². The van der Waals surface area contributed by atoms with Crippen molar-refractivity contribution in [2.24, 2.45) is 5.73 Å². The molecule has 5 heteroatoms. The third-order valence-corrected chi connectivity index (χ3v) is 2.32. The van der Waals surface area contributed by atoms with Gasteiger partial charge in [-0.15, -0.1) is 0 Å². The fourth-order valence-corrected chi connectivity index (χ4v) is 1.47. The fourth-order valence-electron chi connectivity index (χ4n) is 1.47. The van der Waals surface area contributed by atoms with Crippen molar-refractivity contribution in [1.29, 1.82) is 0 Å². The van der Waals surface area contributed by atoms with Gasteiger partial charge in [0.25, 0.3) is 0 Å². The van der Waals surface area contributed by atoms with Crippen LogP contribution < -0.4 is 5.73 Å². The van der Waals surface area contributed by atoms with E-state index in [4.69, 9.17) is 5.73 Å². The Bertz CT molecular complexity index is 359. The van der Waals surface area contributed by atoms with Crippen molar-refractivity contribution in [2.45, 2.75) is 32.0 Å². The maximum atomic E-state index is 13.3. The standard InChI is InChI=1S/C11H13F4N/c1-2-3-10(16)8-6-7(11(13,14)15)4-5-9(8)12/h4-6,10H,2-3,16H2,1H3/t10-/m0/s1. The molecular weight excluding hydrogens is 222 g/mol. The maximum Gasteiger partial charge on any atom is 0.416 e. The predicted octanol–water partition coefficient (Wildman–Crippen LogP) is 3.64. The molecule has 1 atom stereocenters. The van der Waals surface area contributed by atoms with Crippen molar-refractivity contribution in [1.82, 2.24) is 0 Å². The van der Waals surface area contributed by atoms with E-state index in [9.17, 15) is 17.6 Å². The zero-order chi connectivity index (χ0) is 12.3. The molecule has 0 spiro atoms. The largest absolute Gasteiger partial charge is 0.416 e. The van der Waals surface area contributed by atoms with Crippen molar-refractivity contribution < 1.29 is 17.6 Å². The first-order chi connectivity index (χ1) is 7.36. The molecule has 2 N–H and O–H groups in total. The summed E-state index contributed by atoms with van der Waals surface area (Å²) in [6, 6.07) is 1.63. The third-order valence-electron chi connectivity index (χ3n) is 2.32. The Hall–Kier alpha value is -1.10. The zero-order valence-corrected chi connectivity index (χ0v) is 8.81. The van der Waals surface area contributed by atoms with E-state index in [2.05, 4.69) is 0 Å². The van der Waals surface area contributed by atoms with E-state index in [1.807, 2.05) is 6.92 Å². The summed E-state index contributed by atoms with van der Waals surface area (Å²) in [5, 5.41) is 0. The number of halogens is 4. The van der Waals surface area contributed by atoms with Crippen LogP contribution in [0.15, 0.2) is 18.2 Å². The highest BCUT2D eigenvalue weighted by Gasteiger charge is 2.31. The third kappa shape index (κ3) is 2.95. The van der Waals surface area contributed by atoms with Gasteiger partial charge in [-0.1, -0.05) is 13.3 Å². The summed E-state index contributed by atoms with van der Waals surface area (Å²) < 4.78 is 50.4. The molecule has 0 bridgehead atoms. The molecule has 0 saturated heterocycles. The summed E-state index contributed by atoms with van der Waals surface area (Å²) in [7, 11) is 0. The van der Waals surface area contributed by atoms with Gasteiger partial charge in [-0.2, -0.15) is 13.2 Å². The second-order valence-electron chi connectivity index (χ2n) is 3.63. The van der Waals surface area contributed by atoms with Crippen LogP contribution in [0.1, 0.15) is 36.9 Å². The van der Waals surface area contributed by atoms with Crippen LogP contribution in [0.2, 0.25) is 0 Å². The van der Waals surface area contributed by atoms with Crippen LogP contribution in [0.3, 0.4) is 0 Å². The van der Waals surface area contributed by atoms with Gasteiger partial charge < -0.3 is 5.73 Å². The van der Waals surface area contributed by atoms with Crippen molar-refractivity contribution in [3.05, 3.63) is 35.1 Å². The summed E-state index contributed by atoms with van der Waals surface area (Å²) >= 11 is 0. The first-order valence-electron chi connectivity index (χ1n) is 4.98. The molecule has 0 amide bonds. The molecule has 0 fully saturated rings. The van der Waals surface area contributed by atoms with E-state index in [1.165, 1.54) is 0 Å². The lowest BCUT2D eigenvalue weighted by Crippen LogP contribution is -2.14. The number of benzene rings is 1. The highest BCUT2D eigenvalue weighted by Crippen LogP contribution is 2.32. The lowest BCUT2D eigenvalue weighted by Gasteiger charge is -2.14. The van der Waals surface area contributed by atoms with Crippen molar-refractivity contribution in [3.63, 3.8) is 0 Å². The summed E-state index contributed by atoms with van der Waals surface area (Å²) in [5.41, 5.74) is 4.67. The van der Waals surface area contributed by atoms with Crippen LogP contribution >= 0.6 is 0 Å². The van der Waals surface area contributed by atoms with Crippen LogP contribution in [0, 0.1) is 5.82 Å². The lowest BCUT2D eigenvalue weighted by atomic mass is 10.00. The van der Waals surface area contributed by atoms with Gasteiger partial charge in [0.05, 0.1) is 5.56 Å². The van der Waals surface area contributed by atoms with Crippen LogP contribution in [0.4, 0.5) is 17.6 Å². The monoisotopic (exact) mass is 235 g/mol. The molecule has 0 radical (unpaired) electrons. The molecule has 1 rings (SSSR count). The summed E-state index contributed by atoms with van der Waals surface area (Å²) in [6.45, 7) is 1.84. The molecule has 0 unspecified atom stereocenters. The molecular formula is C11H13F4N. The highest BCUT2D eigenvalue weighted by atomic mass is 19.4. The van der Waals surface area contributed by atoms with Gasteiger partial charge in [0.2, 0.25) is 0 Å². The molecule has 0 heterocycles. The fraction of sp³-hybridized carbons (Fsp3) is 0.455. The molecule has 0 saturated carbocycles. The molecule has 1 aromatic rings. The Morgan fingerprint density at radius 2 is 1.94 bits per heavy atom. The van der Waals surface area contributed by atoms with Gasteiger partial charge in [-0.25, -0.2) is 4.39 Å². The van der Waals surface area contributed by atoms with Crippen LogP contribution in [-0.4, -0.2) is 0 Å². The van der Waals surface area contributed by atoms with Crippen molar-refractivity contribution in [2.75, 3.05) is 0 Å². The van der Waals surface area contributed by atoms with Crippen LogP contribution in [-0.2, 0) is 6.18 Å². The summed E-state index contributed by atoms with van der Waals surface area (Å²) in [4.78, 5) is 0. The molecule has 0 aliphatic heterocycles. The Labute approximate surface area is 91.3 Å². The number of rotatable bonds is 3. The van der Waals surface area contributed by atoms with Gasteiger partial charge in [0.1, 0.15) is 5.82 Å². The molecule has 1 aromatic carbocycles. The topological polar surface area (TPSA) is 26.0 Å². The first-order valence-corrected chi connectivity index (χ1v) is 4.98. The zero-order valence-electron chi connectivity index (χ0n) is 8.81. The smallest absolute Gasteiger partial charge is 0.324 e. The minimum Gasteiger partial charge on any atom is -0.324 e. The van der Waals surface area contributed by atoms with Crippen LogP contribution in [0.5, 0.6) is 0 Å². The lowest BCUT2D eigenvalue weighted by molar-refractivity contribution is -0.137. The predicted molar refractivity (Wildman–Crippen MR) is 53.2 cm³/mol. The second-order valence-corrected chi connectivity index (χ2v) is 3.63. The molecule has 0 aromatic heterocycles. The maximum absolute atomic E-state index is 13.3. The average molecular weight is 235 g/mol. The molecule has 90 valence electrons. The summed E-state index contributed by atoms with van der Waals surface area (Å²) in [5.74, 6) is -0.686. The highest BCUT2D eigenvalue weighted by molar-refractivity contribution is 5.29. The number of alkyl halides is 3. The quantitative estimate of drug-likeness (QED) is 0.795. The molecule has 0 aliphatic rings. The Morgan fingerprint density at radius 3 is 2.44 bits per heavy atom. The SMILES string of the molecule is CCC[C@H](N)c1cc(C(F)(F)F)ccc1F. The van der Waals surface area contributed by atoms with E-state index in [-0.39, 0.29) is 5.56 Å². The van der Waals surface area contributed by atoms with Crippen LogP contribution in [0.25, 0.3) is 0 Å². The first kappa shape index (κ1) is 13.0. The van der Waals surface area contributed by atoms with E-state index >= 15 is 0 Å². The Morgan fingerprint density at radius 1 is 1.31 bits per heavy atom. The number of hydrogen-bond donors (Lipinski definition) is 1. The minimum absolute atomic E-state index is 0.0725. The Kier molecular flexibility index (Phi) is 3.91. The van der Waals surface area contributed by atoms with E-state index in [0.717, 1.165) is 18.2 Å². The minimum atomic E-state index is -4.46. The average Bonchev–Trinajstić information content (AvgIpc) is 2.16. The van der Waals surface area contributed by atoms with Gasteiger partial charge in [-0.3, -0.25) is 0 Å².